The Balaban J connectivity index is 3.11. The fraction of sp³-hybridized carbons (Fsp3) is 0.417. The van der Waals surface area contributed by atoms with Gasteiger partial charge in [-0.05, 0) is 39.5 Å². The summed E-state index contributed by atoms with van der Waals surface area (Å²) in [6, 6.07) is 4.70. The Morgan fingerprint density at radius 2 is 2.06 bits per heavy atom. The van der Waals surface area contributed by atoms with Crippen molar-refractivity contribution in [2.45, 2.75) is 19.8 Å². The summed E-state index contributed by atoms with van der Waals surface area (Å²) in [5.74, 6) is -1.07. The number of rotatable bonds is 3. The molecule has 0 aromatic heterocycles. The van der Waals surface area contributed by atoms with Gasteiger partial charge >= 0.3 is 5.97 Å². The molecule has 1 atom stereocenters. The molecule has 4 heteroatoms. The van der Waals surface area contributed by atoms with Crippen molar-refractivity contribution in [2.24, 2.45) is 5.92 Å². The molecule has 1 aromatic rings. The average Bonchev–Trinajstić information content (AvgIpc) is 2.22. The molecule has 0 saturated heterocycles. The molecule has 0 saturated carbocycles. The lowest BCUT2D eigenvalue weighted by Gasteiger charge is -2.18. The molecule has 2 nitrogen and oxygen atoms in total. The van der Waals surface area contributed by atoms with Crippen molar-refractivity contribution >= 4 is 21.9 Å². The third kappa shape index (κ3) is 2.82. The van der Waals surface area contributed by atoms with Gasteiger partial charge in [-0.1, -0.05) is 19.9 Å². The van der Waals surface area contributed by atoms with E-state index in [1.807, 2.05) is 13.8 Å². The fourth-order valence-corrected chi connectivity index (χ4v) is 1.87. The molecule has 1 unspecified atom stereocenters. The lowest BCUT2D eigenvalue weighted by atomic mass is 9.88. The molecule has 0 radical (unpaired) electrons. The van der Waals surface area contributed by atoms with E-state index in [9.17, 15) is 9.18 Å². The minimum absolute atomic E-state index is 0.0630. The van der Waals surface area contributed by atoms with Gasteiger partial charge in [0.15, 0.2) is 0 Å². The highest BCUT2D eigenvalue weighted by atomic mass is 79.9. The minimum Gasteiger partial charge on any atom is -0.469 e. The maximum Gasteiger partial charge on any atom is 0.313 e. The molecule has 0 N–H and O–H groups in total. The van der Waals surface area contributed by atoms with Gasteiger partial charge in [-0.2, -0.15) is 0 Å². The number of carbonyl (C=O) groups is 1. The Hall–Kier alpha value is -0.900. The van der Waals surface area contributed by atoms with Crippen molar-refractivity contribution in [2.75, 3.05) is 7.11 Å². The van der Waals surface area contributed by atoms with Crippen molar-refractivity contribution in [3.05, 3.63) is 34.1 Å². The zero-order chi connectivity index (χ0) is 12.3. The van der Waals surface area contributed by atoms with Gasteiger partial charge in [0.05, 0.1) is 17.5 Å². The van der Waals surface area contributed by atoms with Crippen LogP contribution in [0.2, 0.25) is 0 Å². The van der Waals surface area contributed by atoms with Gasteiger partial charge in [0.2, 0.25) is 0 Å². The molecule has 0 aliphatic heterocycles. The van der Waals surface area contributed by atoms with E-state index in [4.69, 9.17) is 4.74 Å². The lowest BCUT2D eigenvalue weighted by molar-refractivity contribution is -0.143. The number of hydrogen-bond donors (Lipinski definition) is 0. The van der Waals surface area contributed by atoms with Gasteiger partial charge in [-0.3, -0.25) is 4.79 Å². The van der Waals surface area contributed by atoms with Gasteiger partial charge in [0.1, 0.15) is 5.82 Å². The summed E-state index contributed by atoms with van der Waals surface area (Å²) in [6.07, 6.45) is 0. The summed E-state index contributed by atoms with van der Waals surface area (Å²) in [4.78, 5) is 11.6. The average molecular weight is 289 g/mol. The fourth-order valence-electron chi connectivity index (χ4n) is 1.63. The molecule has 0 aliphatic rings. The Morgan fingerprint density at radius 1 is 1.44 bits per heavy atom. The second-order valence-electron chi connectivity index (χ2n) is 3.92. The van der Waals surface area contributed by atoms with Crippen molar-refractivity contribution in [1.29, 1.82) is 0 Å². The van der Waals surface area contributed by atoms with Crippen LogP contribution < -0.4 is 0 Å². The summed E-state index contributed by atoms with van der Waals surface area (Å²) in [5, 5.41) is 0. The van der Waals surface area contributed by atoms with Crippen LogP contribution in [0, 0.1) is 11.7 Å². The van der Waals surface area contributed by atoms with E-state index in [0.29, 0.717) is 10.0 Å². The van der Waals surface area contributed by atoms with E-state index < -0.39 is 5.92 Å². The molecular formula is C12H14BrFO2. The van der Waals surface area contributed by atoms with E-state index in [1.54, 1.807) is 12.1 Å². The standard InChI is InChI=1S/C12H14BrFO2/c1-7(2)11(12(15)16-3)8-4-5-9(13)10(14)6-8/h4-7,11H,1-3H3. The smallest absolute Gasteiger partial charge is 0.313 e. The highest BCUT2D eigenvalue weighted by Gasteiger charge is 2.25. The number of benzene rings is 1. The number of carbonyl (C=O) groups excluding carboxylic acids is 1. The first kappa shape index (κ1) is 13.2. The van der Waals surface area contributed by atoms with Crippen LogP contribution in [0.5, 0.6) is 0 Å². The molecule has 0 amide bonds. The zero-order valence-corrected chi connectivity index (χ0v) is 11.0. The first-order valence-corrected chi connectivity index (χ1v) is 5.79. The highest BCUT2D eigenvalue weighted by molar-refractivity contribution is 9.10. The predicted molar refractivity (Wildman–Crippen MR) is 63.7 cm³/mol. The highest BCUT2D eigenvalue weighted by Crippen LogP contribution is 2.28. The quantitative estimate of drug-likeness (QED) is 0.796. The molecular weight excluding hydrogens is 275 g/mol. The molecule has 0 spiro atoms. The van der Waals surface area contributed by atoms with Crippen LogP contribution in [0.4, 0.5) is 4.39 Å². The molecule has 88 valence electrons. The Bertz CT molecular complexity index is 391. The van der Waals surface area contributed by atoms with E-state index in [1.165, 1.54) is 13.2 Å². The van der Waals surface area contributed by atoms with E-state index >= 15 is 0 Å². The number of halogens is 2. The Labute approximate surface area is 103 Å². The normalized spacial score (nSPS) is 12.6. The molecule has 0 heterocycles. The van der Waals surface area contributed by atoms with Crippen molar-refractivity contribution < 1.29 is 13.9 Å². The SMILES string of the molecule is COC(=O)C(c1ccc(Br)c(F)c1)C(C)C. The topological polar surface area (TPSA) is 26.3 Å². The second kappa shape index (κ2) is 5.43. The number of ether oxygens (including phenoxy) is 1. The zero-order valence-electron chi connectivity index (χ0n) is 9.46. The van der Waals surface area contributed by atoms with Crippen LogP contribution in [0.1, 0.15) is 25.3 Å². The van der Waals surface area contributed by atoms with Crippen molar-refractivity contribution in [3.63, 3.8) is 0 Å². The summed E-state index contributed by atoms with van der Waals surface area (Å²) in [5.41, 5.74) is 0.641. The summed E-state index contributed by atoms with van der Waals surface area (Å²) in [6.45, 7) is 3.81. The first-order chi connectivity index (χ1) is 7.47. The first-order valence-electron chi connectivity index (χ1n) is 5.00. The third-order valence-corrected chi connectivity index (χ3v) is 3.07. The summed E-state index contributed by atoms with van der Waals surface area (Å²) < 4.78 is 18.5. The predicted octanol–water partition coefficient (Wildman–Crippen LogP) is 3.50. The Morgan fingerprint density at radius 3 is 2.50 bits per heavy atom. The minimum atomic E-state index is -0.424. The van der Waals surface area contributed by atoms with Crippen LogP contribution in [-0.4, -0.2) is 13.1 Å². The van der Waals surface area contributed by atoms with Gasteiger partial charge < -0.3 is 4.74 Å². The van der Waals surface area contributed by atoms with Crippen molar-refractivity contribution in [1.82, 2.24) is 0 Å². The van der Waals surface area contributed by atoms with Gasteiger partial charge in [0, 0.05) is 0 Å². The van der Waals surface area contributed by atoms with E-state index in [-0.39, 0.29) is 17.7 Å². The van der Waals surface area contributed by atoms with Crippen LogP contribution in [-0.2, 0) is 9.53 Å². The molecule has 0 bridgehead atoms. The van der Waals surface area contributed by atoms with Crippen LogP contribution >= 0.6 is 15.9 Å². The number of methoxy groups -OCH3 is 1. The van der Waals surface area contributed by atoms with Gasteiger partial charge in [0.25, 0.3) is 0 Å². The van der Waals surface area contributed by atoms with Crippen LogP contribution in [0.25, 0.3) is 0 Å². The number of hydrogen-bond acceptors (Lipinski definition) is 2. The lowest BCUT2D eigenvalue weighted by Crippen LogP contribution is -2.19. The number of esters is 1. The maximum absolute atomic E-state index is 13.4. The molecule has 16 heavy (non-hydrogen) atoms. The van der Waals surface area contributed by atoms with Crippen molar-refractivity contribution in [3.8, 4) is 0 Å². The second-order valence-corrected chi connectivity index (χ2v) is 4.77. The monoisotopic (exact) mass is 288 g/mol. The van der Waals surface area contributed by atoms with Crippen LogP contribution in [0.3, 0.4) is 0 Å². The molecule has 0 fully saturated rings. The van der Waals surface area contributed by atoms with Gasteiger partial charge in [-0.25, -0.2) is 4.39 Å². The third-order valence-electron chi connectivity index (χ3n) is 2.42. The van der Waals surface area contributed by atoms with Crippen LogP contribution in [0.15, 0.2) is 22.7 Å². The van der Waals surface area contributed by atoms with E-state index in [0.717, 1.165) is 0 Å². The van der Waals surface area contributed by atoms with E-state index in [2.05, 4.69) is 15.9 Å². The molecule has 1 aromatic carbocycles. The maximum atomic E-state index is 13.4. The largest absolute Gasteiger partial charge is 0.469 e. The summed E-state index contributed by atoms with van der Waals surface area (Å²) in [7, 11) is 1.34. The molecule has 0 aliphatic carbocycles. The summed E-state index contributed by atoms with van der Waals surface area (Å²) >= 11 is 3.08. The Kier molecular flexibility index (Phi) is 4.47. The van der Waals surface area contributed by atoms with Gasteiger partial charge in [-0.15, -0.1) is 0 Å². The molecule has 1 rings (SSSR count).